The Labute approximate surface area is 152 Å². The molecule has 4 rings (SSSR count). The molecule has 6 heteroatoms. The van der Waals surface area contributed by atoms with Crippen LogP contribution in [0, 0.1) is 12.8 Å². The summed E-state index contributed by atoms with van der Waals surface area (Å²) in [6, 6.07) is 5.84. The molecule has 2 atom stereocenters. The highest BCUT2D eigenvalue weighted by Crippen LogP contribution is 2.34. The molecule has 134 valence electrons. The second-order valence-corrected chi connectivity index (χ2v) is 6.84. The summed E-state index contributed by atoms with van der Waals surface area (Å²) >= 11 is 0. The molecule has 0 unspecified atom stereocenters. The van der Waals surface area contributed by atoms with Crippen molar-refractivity contribution in [3.8, 4) is 22.4 Å². The van der Waals surface area contributed by atoms with Crippen molar-refractivity contribution in [1.82, 2.24) is 15.0 Å². The first-order chi connectivity index (χ1) is 12.6. The fourth-order valence-electron chi connectivity index (χ4n) is 3.41. The molecule has 1 aliphatic rings. The van der Waals surface area contributed by atoms with Crippen molar-refractivity contribution in [2.24, 2.45) is 5.92 Å². The van der Waals surface area contributed by atoms with Crippen molar-refractivity contribution in [1.29, 1.82) is 0 Å². The van der Waals surface area contributed by atoms with Crippen molar-refractivity contribution < 1.29 is 9.52 Å². The number of anilines is 1. The Bertz CT molecular complexity index is 894. The van der Waals surface area contributed by atoms with E-state index in [-0.39, 0.29) is 12.0 Å². The van der Waals surface area contributed by atoms with Gasteiger partial charge in [0.1, 0.15) is 5.76 Å². The molecule has 6 nitrogen and oxygen atoms in total. The van der Waals surface area contributed by atoms with Crippen LogP contribution in [0.5, 0.6) is 0 Å². The second kappa shape index (κ2) is 6.88. The van der Waals surface area contributed by atoms with Gasteiger partial charge in [0.15, 0.2) is 0 Å². The maximum atomic E-state index is 9.99. The smallest absolute Gasteiger partial charge is 0.225 e. The van der Waals surface area contributed by atoms with E-state index in [0.29, 0.717) is 5.95 Å². The lowest BCUT2D eigenvalue weighted by Gasteiger charge is -2.34. The summed E-state index contributed by atoms with van der Waals surface area (Å²) in [6.07, 6.45) is 7.58. The Kier molecular flexibility index (Phi) is 4.42. The standard InChI is InChI=1S/C20H22N4O2/c1-13-12-24(8-5-18(13)25)20-22-11-17(15-4-3-7-21-10-15)19(23-20)16-6-9-26-14(16)2/h3-4,6-7,9-11,13,18,25H,5,8,12H2,1-2H3/t13-,18+/m1/s1. The number of piperidine rings is 1. The summed E-state index contributed by atoms with van der Waals surface area (Å²) in [4.78, 5) is 15.9. The van der Waals surface area contributed by atoms with Crippen molar-refractivity contribution >= 4 is 5.95 Å². The molecule has 0 spiro atoms. The van der Waals surface area contributed by atoms with Gasteiger partial charge in [-0.3, -0.25) is 4.98 Å². The molecule has 1 N–H and O–H groups in total. The normalized spacial score (nSPS) is 20.3. The highest BCUT2D eigenvalue weighted by atomic mass is 16.3. The molecule has 4 heterocycles. The maximum absolute atomic E-state index is 9.99. The van der Waals surface area contributed by atoms with Gasteiger partial charge >= 0.3 is 0 Å². The quantitative estimate of drug-likeness (QED) is 0.781. The van der Waals surface area contributed by atoms with Crippen LogP contribution in [0.25, 0.3) is 22.4 Å². The van der Waals surface area contributed by atoms with Gasteiger partial charge in [-0.2, -0.15) is 0 Å². The van der Waals surface area contributed by atoms with E-state index in [9.17, 15) is 5.11 Å². The third kappa shape index (κ3) is 3.08. The lowest BCUT2D eigenvalue weighted by atomic mass is 9.97. The Balaban J connectivity index is 1.79. The number of rotatable bonds is 3. The van der Waals surface area contributed by atoms with Gasteiger partial charge in [-0.1, -0.05) is 13.0 Å². The van der Waals surface area contributed by atoms with Crippen LogP contribution in [-0.2, 0) is 0 Å². The number of hydrogen-bond acceptors (Lipinski definition) is 6. The highest BCUT2D eigenvalue weighted by molar-refractivity contribution is 5.81. The molecule has 0 amide bonds. The van der Waals surface area contributed by atoms with Crippen molar-refractivity contribution in [3.05, 3.63) is 48.8 Å². The largest absolute Gasteiger partial charge is 0.469 e. The van der Waals surface area contributed by atoms with Crippen LogP contribution in [0.4, 0.5) is 5.95 Å². The Morgan fingerprint density at radius 3 is 2.81 bits per heavy atom. The van der Waals surface area contributed by atoms with E-state index in [1.54, 1.807) is 12.5 Å². The Morgan fingerprint density at radius 1 is 1.23 bits per heavy atom. The number of aliphatic hydroxyl groups is 1. The van der Waals surface area contributed by atoms with Crippen LogP contribution in [-0.4, -0.2) is 39.3 Å². The minimum atomic E-state index is -0.253. The zero-order valence-corrected chi connectivity index (χ0v) is 15.0. The van der Waals surface area contributed by atoms with Crippen LogP contribution in [0.1, 0.15) is 19.1 Å². The average molecular weight is 350 g/mol. The third-order valence-corrected chi connectivity index (χ3v) is 5.01. The van der Waals surface area contributed by atoms with Gasteiger partial charge < -0.3 is 14.4 Å². The van der Waals surface area contributed by atoms with E-state index in [2.05, 4.69) is 21.8 Å². The fraction of sp³-hybridized carbons (Fsp3) is 0.350. The van der Waals surface area contributed by atoms with Gasteiger partial charge in [-0.15, -0.1) is 0 Å². The summed E-state index contributed by atoms with van der Waals surface area (Å²) < 4.78 is 5.50. The van der Waals surface area contributed by atoms with Crippen LogP contribution in [0.3, 0.4) is 0 Å². The SMILES string of the molecule is Cc1occc1-c1nc(N2CC[C@H](O)[C@H](C)C2)ncc1-c1cccnc1. The van der Waals surface area contributed by atoms with Crippen LogP contribution < -0.4 is 4.90 Å². The van der Waals surface area contributed by atoms with Gasteiger partial charge in [0, 0.05) is 48.4 Å². The van der Waals surface area contributed by atoms with Gasteiger partial charge in [-0.25, -0.2) is 9.97 Å². The topological polar surface area (TPSA) is 75.3 Å². The highest BCUT2D eigenvalue weighted by Gasteiger charge is 2.26. The summed E-state index contributed by atoms with van der Waals surface area (Å²) in [6.45, 7) is 5.49. The lowest BCUT2D eigenvalue weighted by molar-refractivity contribution is 0.0966. The van der Waals surface area contributed by atoms with Crippen molar-refractivity contribution in [2.75, 3.05) is 18.0 Å². The van der Waals surface area contributed by atoms with Crippen molar-refractivity contribution in [2.45, 2.75) is 26.4 Å². The number of nitrogens with zero attached hydrogens (tertiary/aromatic N) is 4. The van der Waals surface area contributed by atoms with E-state index in [1.807, 2.05) is 37.5 Å². The van der Waals surface area contributed by atoms with E-state index in [0.717, 1.165) is 47.7 Å². The van der Waals surface area contributed by atoms with Crippen LogP contribution in [0.15, 0.2) is 47.5 Å². The summed E-state index contributed by atoms with van der Waals surface area (Å²) in [5.74, 6) is 1.71. The van der Waals surface area contributed by atoms with Gasteiger partial charge in [0.25, 0.3) is 0 Å². The molecule has 1 aliphatic heterocycles. The third-order valence-electron chi connectivity index (χ3n) is 5.01. The molecule has 0 saturated carbocycles. The number of furan rings is 1. The molecule has 0 aliphatic carbocycles. The predicted octanol–water partition coefficient (Wildman–Crippen LogP) is 3.31. The number of aliphatic hydroxyl groups excluding tert-OH is 1. The van der Waals surface area contributed by atoms with E-state index in [1.165, 1.54) is 0 Å². The minimum Gasteiger partial charge on any atom is -0.469 e. The zero-order valence-electron chi connectivity index (χ0n) is 15.0. The molecule has 3 aromatic heterocycles. The lowest BCUT2D eigenvalue weighted by Crippen LogP contribution is -2.42. The molecule has 0 radical (unpaired) electrons. The number of hydrogen-bond donors (Lipinski definition) is 1. The number of pyridine rings is 1. The first-order valence-corrected chi connectivity index (χ1v) is 8.88. The first-order valence-electron chi connectivity index (χ1n) is 8.88. The summed E-state index contributed by atoms with van der Waals surface area (Å²) in [7, 11) is 0. The van der Waals surface area contributed by atoms with Crippen LogP contribution in [0.2, 0.25) is 0 Å². The summed E-state index contributed by atoms with van der Waals surface area (Å²) in [5.41, 5.74) is 3.69. The number of aromatic nitrogens is 3. The Morgan fingerprint density at radius 2 is 2.12 bits per heavy atom. The van der Waals surface area contributed by atoms with E-state index >= 15 is 0 Å². The maximum Gasteiger partial charge on any atom is 0.225 e. The first kappa shape index (κ1) is 16.7. The second-order valence-electron chi connectivity index (χ2n) is 6.84. The van der Waals surface area contributed by atoms with Gasteiger partial charge in [0.05, 0.1) is 18.1 Å². The molecule has 0 bridgehead atoms. The zero-order chi connectivity index (χ0) is 18.1. The molecular formula is C20H22N4O2. The average Bonchev–Trinajstić information content (AvgIpc) is 3.10. The summed E-state index contributed by atoms with van der Waals surface area (Å²) in [5, 5.41) is 9.99. The van der Waals surface area contributed by atoms with Gasteiger partial charge in [-0.05, 0) is 31.4 Å². The molecule has 26 heavy (non-hydrogen) atoms. The monoisotopic (exact) mass is 350 g/mol. The minimum absolute atomic E-state index is 0.199. The van der Waals surface area contributed by atoms with Crippen LogP contribution >= 0.6 is 0 Å². The molecule has 1 saturated heterocycles. The molecule has 0 aromatic carbocycles. The number of aryl methyl sites for hydroxylation is 1. The van der Waals surface area contributed by atoms with E-state index in [4.69, 9.17) is 9.40 Å². The van der Waals surface area contributed by atoms with Crippen molar-refractivity contribution in [3.63, 3.8) is 0 Å². The Hall–Kier alpha value is -2.73. The molecule has 3 aromatic rings. The predicted molar refractivity (Wildman–Crippen MR) is 99.7 cm³/mol. The molecular weight excluding hydrogens is 328 g/mol. The molecule has 1 fully saturated rings. The van der Waals surface area contributed by atoms with Gasteiger partial charge in [0.2, 0.25) is 5.95 Å². The van der Waals surface area contributed by atoms with E-state index < -0.39 is 0 Å². The fourth-order valence-corrected chi connectivity index (χ4v) is 3.41.